The minimum atomic E-state index is -4.56. The van der Waals surface area contributed by atoms with Crippen LogP contribution >= 0.6 is 35.3 Å². The molecule has 0 amide bonds. The monoisotopic (exact) mass is 521 g/mol. The summed E-state index contributed by atoms with van der Waals surface area (Å²) < 4.78 is 62.0. The second kappa shape index (κ2) is 10.3. The summed E-state index contributed by atoms with van der Waals surface area (Å²) in [5.74, 6) is -2.96. The number of hydrogen-bond acceptors (Lipinski definition) is 6. The van der Waals surface area contributed by atoms with Crippen LogP contribution in [-0.2, 0) is 16.6 Å². The first kappa shape index (κ1) is 24.7. The van der Waals surface area contributed by atoms with Crippen molar-refractivity contribution >= 4 is 51.2 Å². The molecule has 0 spiro atoms. The Bertz CT molecular complexity index is 1170. The number of likely N-dealkylation sites (tertiary alicyclic amines) is 1. The van der Waals surface area contributed by atoms with Gasteiger partial charge in [0.15, 0.2) is 22.3 Å². The van der Waals surface area contributed by atoms with E-state index in [0.717, 1.165) is 36.1 Å². The summed E-state index contributed by atoms with van der Waals surface area (Å²) in [5.41, 5.74) is 2.54. The van der Waals surface area contributed by atoms with Gasteiger partial charge in [0.05, 0.1) is 5.51 Å². The first-order chi connectivity index (χ1) is 14.8. The molecule has 3 aromatic rings. The number of benzene rings is 2. The molecule has 1 atom stereocenters. The van der Waals surface area contributed by atoms with E-state index < -0.39 is 31.6 Å². The van der Waals surface area contributed by atoms with Gasteiger partial charge < -0.3 is 4.74 Å². The van der Waals surface area contributed by atoms with E-state index in [1.54, 1.807) is 0 Å². The Morgan fingerprint density at radius 2 is 2.03 bits per heavy atom. The molecule has 4 rings (SSSR count). The fourth-order valence-corrected chi connectivity index (χ4v) is 5.35. The van der Waals surface area contributed by atoms with Gasteiger partial charge in [-0.1, -0.05) is 41.9 Å². The van der Waals surface area contributed by atoms with Gasteiger partial charge >= 0.3 is 0 Å². The van der Waals surface area contributed by atoms with E-state index in [1.807, 2.05) is 35.1 Å². The molecule has 1 aliphatic heterocycles. The average molecular weight is 522 g/mol. The van der Waals surface area contributed by atoms with Gasteiger partial charge in [-0.25, -0.2) is 22.2 Å². The highest BCUT2D eigenvalue weighted by molar-refractivity contribution is 7.92. The molecule has 2 aromatic carbocycles. The number of ether oxygens (including phenoxy) is 1. The second-order valence-electron chi connectivity index (χ2n) is 7.04. The van der Waals surface area contributed by atoms with E-state index >= 15 is 0 Å². The van der Waals surface area contributed by atoms with Gasteiger partial charge in [-0.05, 0) is 12.0 Å². The highest BCUT2D eigenvalue weighted by atomic mass is 35.5. The summed E-state index contributed by atoms with van der Waals surface area (Å²) in [6.07, 6.45) is 0.327. The van der Waals surface area contributed by atoms with Crippen LogP contribution in [0.25, 0.3) is 0 Å². The summed E-state index contributed by atoms with van der Waals surface area (Å²) in [6, 6.07) is 10.7. The zero-order chi connectivity index (χ0) is 22.0. The first-order valence-corrected chi connectivity index (χ1v) is 12.2. The number of hydrogen-bond donors (Lipinski definition) is 1. The van der Waals surface area contributed by atoms with Gasteiger partial charge in [0, 0.05) is 31.1 Å². The van der Waals surface area contributed by atoms with Crippen LogP contribution in [0.1, 0.15) is 12.0 Å². The van der Waals surface area contributed by atoms with Crippen LogP contribution in [0.2, 0.25) is 5.02 Å². The number of sulfonamides is 1. The predicted octanol–water partition coefficient (Wildman–Crippen LogP) is 4.95. The van der Waals surface area contributed by atoms with Crippen LogP contribution in [0.3, 0.4) is 0 Å². The van der Waals surface area contributed by atoms with E-state index in [4.69, 9.17) is 16.3 Å². The van der Waals surface area contributed by atoms with Gasteiger partial charge in [0.1, 0.15) is 16.9 Å². The molecule has 2 heterocycles. The van der Waals surface area contributed by atoms with Crippen molar-refractivity contribution < 1.29 is 21.9 Å². The van der Waals surface area contributed by atoms with Gasteiger partial charge in [-0.3, -0.25) is 9.62 Å². The van der Waals surface area contributed by atoms with Crippen LogP contribution in [0.4, 0.5) is 14.6 Å². The number of nitrogens with zero attached hydrogens (tertiary/aromatic N) is 2. The molecule has 1 fully saturated rings. The number of thiazole rings is 1. The Balaban J connectivity index is 0.00000289. The molecule has 0 saturated carbocycles. The van der Waals surface area contributed by atoms with E-state index in [-0.39, 0.29) is 30.1 Å². The molecule has 0 radical (unpaired) electrons. The topological polar surface area (TPSA) is 71.5 Å². The van der Waals surface area contributed by atoms with Gasteiger partial charge in [0.25, 0.3) is 10.0 Å². The maximum atomic E-state index is 14.8. The van der Waals surface area contributed by atoms with Crippen LogP contribution < -0.4 is 9.46 Å². The quantitative estimate of drug-likeness (QED) is 0.445. The van der Waals surface area contributed by atoms with Crippen molar-refractivity contribution in [1.82, 2.24) is 9.88 Å². The molecular weight excluding hydrogens is 503 g/mol. The van der Waals surface area contributed by atoms with Crippen molar-refractivity contribution in [2.24, 2.45) is 0 Å². The van der Waals surface area contributed by atoms with Crippen LogP contribution in [-0.4, -0.2) is 37.5 Å². The summed E-state index contributed by atoms with van der Waals surface area (Å²) in [4.78, 5) is 4.75. The third-order valence-electron chi connectivity index (χ3n) is 4.79. The highest BCUT2D eigenvalue weighted by Gasteiger charge is 2.31. The largest absolute Gasteiger partial charge is 0.487 e. The smallest absolute Gasteiger partial charge is 0.269 e. The van der Waals surface area contributed by atoms with Crippen molar-refractivity contribution in [3.8, 4) is 5.75 Å². The lowest BCUT2D eigenvalue weighted by Gasteiger charge is -2.18. The second-order valence-corrected chi connectivity index (χ2v) is 9.76. The van der Waals surface area contributed by atoms with E-state index in [0.29, 0.717) is 13.0 Å². The van der Waals surface area contributed by atoms with Crippen LogP contribution in [0, 0.1) is 11.6 Å². The lowest BCUT2D eigenvalue weighted by molar-refractivity contribution is 0.196. The molecular formula is C20H19Cl2F2N3O3S2. The zero-order valence-electron chi connectivity index (χ0n) is 16.5. The maximum Gasteiger partial charge on any atom is 0.269 e. The van der Waals surface area contributed by atoms with Crippen molar-refractivity contribution in [1.29, 1.82) is 0 Å². The van der Waals surface area contributed by atoms with Gasteiger partial charge in [-0.15, -0.1) is 23.7 Å². The molecule has 1 aliphatic rings. The van der Waals surface area contributed by atoms with Crippen LogP contribution in [0.5, 0.6) is 5.75 Å². The first-order valence-electron chi connectivity index (χ1n) is 9.35. The summed E-state index contributed by atoms with van der Waals surface area (Å²) in [7, 11) is -4.56. The molecule has 1 aromatic heterocycles. The molecule has 0 bridgehead atoms. The van der Waals surface area contributed by atoms with Crippen molar-refractivity contribution in [2.75, 3.05) is 17.8 Å². The minimum absolute atomic E-state index is 0. The Morgan fingerprint density at radius 3 is 2.72 bits per heavy atom. The molecule has 12 heteroatoms. The summed E-state index contributed by atoms with van der Waals surface area (Å²) in [6.45, 7) is 2.04. The Hall–Kier alpha value is -1.98. The zero-order valence-corrected chi connectivity index (χ0v) is 19.7. The fourth-order valence-electron chi connectivity index (χ4n) is 3.40. The summed E-state index contributed by atoms with van der Waals surface area (Å²) in [5, 5.41) is 0.815. The van der Waals surface area contributed by atoms with E-state index in [9.17, 15) is 17.2 Å². The van der Waals surface area contributed by atoms with E-state index in [1.165, 1.54) is 10.9 Å². The third kappa shape index (κ3) is 5.49. The number of rotatable bonds is 7. The molecule has 0 aliphatic carbocycles. The summed E-state index contributed by atoms with van der Waals surface area (Å²) >= 11 is 7.15. The van der Waals surface area contributed by atoms with Crippen molar-refractivity contribution in [3.63, 3.8) is 0 Å². The van der Waals surface area contributed by atoms with Crippen LogP contribution in [0.15, 0.2) is 52.2 Å². The highest BCUT2D eigenvalue weighted by Crippen LogP contribution is 2.36. The lowest BCUT2D eigenvalue weighted by atomic mass is 10.2. The van der Waals surface area contributed by atoms with Crippen molar-refractivity contribution in [3.05, 3.63) is 69.5 Å². The number of anilines is 1. The molecule has 1 saturated heterocycles. The number of aromatic nitrogens is 1. The lowest BCUT2D eigenvalue weighted by Crippen LogP contribution is -2.25. The van der Waals surface area contributed by atoms with Gasteiger partial charge in [-0.2, -0.15) is 0 Å². The number of nitrogens with one attached hydrogen (secondary N) is 1. The SMILES string of the molecule is Cl.O=S(=O)(Nc1cscn1)c1c(F)cc(O[C@H]2CCN(Cc3ccccc3)C2)c(Cl)c1F. The number of halogens is 4. The molecule has 32 heavy (non-hydrogen) atoms. The Morgan fingerprint density at radius 1 is 1.28 bits per heavy atom. The van der Waals surface area contributed by atoms with E-state index in [2.05, 4.69) is 9.88 Å². The Kier molecular flexibility index (Phi) is 7.94. The average Bonchev–Trinajstić information content (AvgIpc) is 3.38. The normalized spacial score (nSPS) is 16.5. The third-order valence-corrected chi connectivity index (χ3v) is 7.12. The molecule has 1 N–H and O–H groups in total. The standard InChI is InChI=1S/C20H18ClF2N3O3S2.ClH/c21-18-16(29-14-6-7-26(10-14)9-13-4-2-1-3-5-13)8-15(22)20(19(18)23)31(27,28)25-17-11-30-12-24-17;/h1-5,8,11-12,14,25H,6-7,9-10H2;1H/t14-;/m0./s1. The van der Waals surface area contributed by atoms with Gasteiger partial charge in [0.2, 0.25) is 0 Å². The molecule has 172 valence electrons. The molecule has 6 nitrogen and oxygen atoms in total. The van der Waals surface area contributed by atoms with Crippen molar-refractivity contribution in [2.45, 2.75) is 24.0 Å². The molecule has 0 unspecified atom stereocenters. The predicted molar refractivity (Wildman–Crippen MR) is 122 cm³/mol. The maximum absolute atomic E-state index is 14.8. The minimum Gasteiger partial charge on any atom is -0.487 e. The Labute approximate surface area is 199 Å². The fraction of sp³-hybridized carbons (Fsp3) is 0.250.